The lowest BCUT2D eigenvalue weighted by Crippen LogP contribution is -2.32. The number of carbonyl (C=O) groups is 2. The molecule has 1 aliphatic carbocycles. The summed E-state index contributed by atoms with van der Waals surface area (Å²) < 4.78 is 26.9. The molecule has 0 bridgehead atoms. The van der Waals surface area contributed by atoms with E-state index in [1.807, 2.05) is 6.07 Å². The molecule has 1 aliphatic rings. The average molecular weight is 445 g/mol. The van der Waals surface area contributed by atoms with Gasteiger partial charge in [-0.3, -0.25) is 9.59 Å². The van der Waals surface area contributed by atoms with Crippen molar-refractivity contribution in [2.24, 2.45) is 5.92 Å². The van der Waals surface area contributed by atoms with Crippen LogP contribution in [-0.4, -0.2) is 32.3 Å². The first kappa shape index (κ1) is 22.8. The van der Waals surface area contributed by atoms with E-state index >= 15 is 0 Å². The molecule has 3 rings (SSSR count). The number of carbonyl (C=O) groups excluding carboxylic acids is 2. The third-order valence-electron chi connectivity index (χ3n) is 4.68. The fourth-order valence-corrected chi connectivity index (χ4v) is 4.19. The van der Waals surface area contributed by atoms with Gasteiger partial charge in [0, 0.05) is 29.0 Å². The molecular formula is C22H28N4O4S. The Morgan fingerprint density at radius 3 is 2.16 bits per heavy atom. The first-order chi connectivity index (χ1) is 14.6. The van der Waals surface area contributed by atoms with Crippen molar-refractivity contribution < 1.29 is 18.0 Å². The Hall–Kier alpha value is -2.91. The zero-order chi connectivity index (χ0) is 22.6. The fraction of sp³-hybridized carbons (Fsp3) is 0.364. The van der Waals surface area contributed by atoms with E-state index in [9.17, 15) is 18.0 Å². The van der Waals surface area contributed by atoms with Crippen LogP contribution in [0, 0.1) is 5.92 Å². The quantitative estimate of drug-likeness (QED) is 0.474. The summed E-state index contributed by atoms with van der Waals surface area (Å²) in [6.45, 7) is 5.21. The highest BCUT2D eigenvalue weighted by molar-refractivity contribution is 7.89. The summed E-state index contributed by atoms with van der Waals surface area (Å²) in [7, 11) is -3.58. The molecule has 2 aromatic rings. The molecule has 0 radical (unpaired) electrons. The Balaban J connectivity index is 1.57. The number of hydrogen-bond donors (Lipinski definition) is 4. The molecule has 2 amide bonds. The molecule has 4 N–H and O–H groups in total. The molecule has 166 valence electrons. The zero-order valence-corrected chi connectivity index (χ0v) is 18.6. The molecule has 0 heterocycles. The van der Waals surface area contributed by atoms with Crippen molar-refractivity contribution in [2.75, 3.05) is 16.0 Å². The van der Waals surface area contributed by atoms with Crippen LogP contribution < -0.4 is 20.7 Å². The molecule has 8 nitrogen and oxygen atoms in total. The van der Waals surface area contributed by atoms with Crippen LogP contribution in [0.5, 0.6) is 0 Å². The maximum absolute atomic E-state index is 12.5. The van der Waals surface area contributed by atoms with Crippen LogP contribution in [0.3, 0.4) is 0 Å². The third-order valence-corrected chi connectivity index (χ3v) is 6.35. The molecule has 0 aliphatic heterocycles. The minimum Gasteiger partial charge on any atom is -0.374 e. The number of nitrogens with one attached hydrogen (secondary N) is 4. The number of hydrogen-bond acceptors (Lipinski definition) is 5. The van der Waals surface area contributed by atoms with Gasteiger partial charge in [0.15, 0.2) is 0 Å². The molecule has 0 spiro atoms. The molecule has 1 unspecified atom stereocenters. The molecular weight excluding hydrogens is 416 g/mol. The molecule has 1 atom stereocenters. The van der Waals surface area contributed by atoms with Crippen molar-refractivity contribution in [1.29, 1.82) is 0 Å². The summed E-state index contributed by atoms with van der Waals surface area (Å²) in [4.78, 5) is 24.6. The van der Waals surface area contributed by atoms with E-state index in [0.29, 0.717) is 17.1 Å². The van der Waals surface area contributed by atoms with Crippen molar-refractivity contribution in [1.82, 2.24) is 4.72 Å². The Morgan fingerprint density at radius 2 is 1.55 bits per heavy atom. The summed E-state index contributed by atoms with van der Waals surface area (Å²) in [5, 5.41) is 8.76. The Bertz CT molecular complexity index is 1050. The third kappa shape index (κ3) is 6.53. The monoisotopic (exact) mass is 444 g/mol. The van der Waals surface area contributed by atoms with Crippen molar-refractivity contribution in [3.05, 3.63) is 48.5 Å². The van der Waals surface area contributed by atoms with E-state index < -0.39 is 16.1 Å². The lowest BCUT2D eigenvalue weighted by atomic mass is 10.2. The van der Waals surface area contributed by atoms with Crippen molar-refractivity contribution >= 4 is 38.9 Å². The number of rotatable bonds is 9. The van der Waals surface area contributed by atoms with Gasteiger partial charge in [0.1, 0.15) is 6.04 Å². The predicted molar refractivity (Wildman–Crippen MR) is 121 cm³/mol. The minimum atomic E-state index is -3.58. The Morgan fingerprint density at radius 1 is 0.903 bits per heavy atom. The minimum absolute atomic E-state index is 0.0250. The normalized spacial score (nSPS) is 14.7. The van der Waals surface area contributed by atoms with Crippen LogP contribution >= 0.6 is 0 Å². The first-order valence-electron chi connectivity index (χ1n) is 10.2. The van der Waals surface area contributed by atoms with Crippen molar-refractivity contribution in [3.63, 3.8) is 0 Å². The molecule has 1 saturated carbocycles. The molecule has 31 heavy (non-hydrogen) atoms. The van der Waals surface area contributed by atoms with E-state index in [-0.39, 0.29) is 28.7 Å². The predicted octanol–water partition coefficient (Wildman–Crippen LogP) is 3.16. The zero-order valence-electron chi connectivity index (χ0n) is 17.8. The van der Waals surface area contributed by atoms with Gasteiger partial charge in [-0.05, 0) is 76.1 Å². The van der Waals surface area contributed by atoms with Crippen molar-refractivity contribution in [3.8, 4) is 0 Å². The lowest BCUT2D eigenvalue weighted by molar-refractivity contribution is -0.117. The van der Waals surface area contributed by atoms with Crippen LogP contribution in [0.25, 0.3) is 0 Å². The Labute approximate surface area is 182 Å². The summed E-state index contributed by atoms with van der Waals surface area (Å²) in [6.07, 6.45) is 1.87. The number of sulfonamides is 1. The van der Waals surface area contributed by atoms with Gasteiger partial charge in [-0.2, -0.15) is 0 Å². The summed E-state index contributed by atoms with van der Waals surface area (Å²) in [6, 6.07) is 12.4. The highest BCUT2D eigenvalue weighted by atomic mass is 32.2. The SMILES string of the molecule is CC(C)NS(=O)(=O)c1ccc(NC(=O)C(C)Nc2cccc(NC(=O)C3CC3)c2)cc1. The highest BCUT2D eigenvalue weighted by Crippen LogP contribution is 2.30. The van der Waals surface area contributed by atoms with E-state index in [1.165, 1.54) is 12.1 Å². The van der Waals surface area contributed by atoms with Gasteiger partial charge in [-0.15, -0.1) is 0 Å². The van der Waals surface area contributed by atoms with E-state index in [0.717, 1.165) is 12.8 Å². The first-order valence-corrected chi connectivity index (χ1v) is 11.7. The van der Waals surface area contributed by atoms with Crippen LogP contribution in [0.15, 0.2) is 53.4 Å². The highest BCUT2D eigenvalue weighted by Gasteiger charge is 2.29. The van der Waals surface area contributed by atoms with E-state index in [2.05, 4.69) is 20.7 Å². The molecule has 0 aromatic heterocycles. The van der Waals surface area contributed by atoms with Gasteiger partial charge >= 0.3 is 0 Å². The van der Waals surface area contributed by atoms with Gasteiger partial charge in [-0.1, -0.05) is 6.07 Å². The fourth-order valence-electron chi connectivity index (χ4n) is 2.94. The molecule has 9 heteroatoms. The summed E-state index contributed by atoms with van der Waals surface area (Å²) in [5.74, 6) is -0.135. The van der Waals surface area contributed by atoms with Gasteiger partial charge < -0.3 is 16.0 Å². The lowest BCUT2D eigenvalue weighted by Gasteiger charge is -2.16. The topological polar surface area (TPSA) is 116 Å². The maximum Gasteiger partial charge on any atom is 0.246 e. The van der Waals surface area contributed by atoms with Gasteiger partial charge in [0.25, 0.3) is 0 Å². The van der Waals surface area contributed by atoms with Gasteiger partial charge in [-0.25, -0.2) is 13.1 Å². The van der Waals surface area contributed by atoms with Gasteiger partial charge in [0.2, 0.25) is 21.8 Å². The van der Waals surface area contributed by atoms with Crippen LogP contribution in [0.2, 0.25) is 0 Å². The van der Waals surface area contributed by atoms with Crippen LogP contribution in [0.1, 0.15) is 33.6 Å². The molecule has 0 saturated heterocycles. The second kappa shape index (κ2) is 9.49. The number of amides is 2. The standard InChI is InChI=1S/C22H28N4O4S/c1-14(2)26-31(29,30)20-11-9-17(10-12-20)24-21(27)15(3)23-18-5-4-6-19(13-18)25-22(28)16-7-8-16/h4-6,9-16,23,26H,7-8H2,1-3H3,(H,24,27)(H,25,28). The van der Waals surface area contributed by atoms with Crippen LogP contribution in [0.4, 0.5) is 17.1 Å². The number of benzene rings is 2. The second-order valence-corrected chi connectivity index (χ2v) is 9.71. The van der Waals surface area contributed by atoms with Gasteiger partial charge in [0.05, 0.1) is 4.90 Å². The summed E-state index contributed by atoms with van der Waals surface area (Å²) >= 11 is 0. The summed E-state index contributed by atoms with van der Waals surface area (Å²) in [5.41, 5.74) is 1.88. The second-order valence-electron chi connectivity index (χ2n) is 8.00. The largest absolute Gasteiger partial charge is 0.374 e. The maximum atomic E-state index is 12.5. The van der Waals surface area contributed by atoms with E-state index in [1.54, 1.807) is 51.1 Å². The average Bonchev–Trinajstić information content (AvgIpc) is 3.53. The van der Waals surface area contributed by atoms with E-state index in [4.69, 9.17) is 0 Å². The number of anilines is 3. The molecule has 2 aromatic carbocycles. The smallest absolute Gasteiger partial charge is 0.246 e. The molecule has 1 fully saturated rings. The van der Waals surface area contributed by atoms with Crippen molar-refractivity contribution in [2.45, 2.75) is 50.6 Å². The van der Waals surface area contributed by atoms with Crippen LogP contribution in [-0.2, 0) is 19.6 Å². The Kier molecular flexibility index (Phi) is 6.97.